The van der Waals surface area contributed by atoms with E-state index in [0.29, 0.717) is 38.0 Å². The van der Waals surface area contributed by atoms with Crippen molar-refractivity contribution in [2.45, 2.75) is 30.8 Å². The van der Waals surface area contributed by atoms with Crippen molar-refractivity contribution in [2.24, 2.45) is 0 Å². The summed E-state index contributed by atoms with van der Waals surface area (Å²) >= 11 is 14.1. The highest BCUT2D eigenvalue weighted by atomic mass is 35.5. The van der Waals surface area contributed by atoms with Crippen LogP contribution in [0.4, 0.5) is 4.39 Å². The SMILES string of the molecule is Cc1ccc(C(=O)NC(C)c2nnc(SCc3ccc(F)cc3)n2-c2ccc(Cl)cc2Cl)cc1. The van der Waals surface area contributed by atoms with Crippen LogP contribution in [-0.4, -0.2) is 20.7 Å². The average Bonchev–Trinajstić information content (AvgIpc) is 3.23. The fourth-order valence-electron chi connectivity index (χ4n) is 3.32. The minimum atomic E-state index is -0.465. The molecule has 0 saturated carbocycles. The molecule has 3 aromatic carbocycles. The summed E-state index contributed by atoms with van der Waals surface area (Å²) in [6.45, 7) is 3.80. The Morgan fingerprint density at radius 2 is 1.76 bits per heavy atom. The Morgan fingerprint density at radius 1 is 1.06 bits per heavy atom. The summed E-state index contributed by atoms with van der Waals surface area (Å²) < 4.78 is 15.1. The van der Waals surface area contributed by atoms with Crippen LogP contribution in [-0.2, 0) is 5.75 Å². The minimum absolute atomic E-state index is 0.218. The average molecular weight is 515 g/mol. The smallest absolute Gasteiger partial charge is 0.251 e. The number of aryl methyl sites for hydroxylation is 1. The predicted molar refractivity (Wildman–Crippen MR) is 134 cm³/mol. The molecule has 0 saturated heterocycles. The van der Waals surface area contributed by atoms with Crippen LogP contribution in [0.1, 0.15) is 40.3 Å². The van der Waals surface area contributed by atoms with Gasteiger partial charge in [-0.15, -0.1) is 10.2 Å². The van der Waals surface area contributed by atoms with Crippen LogP contribution in [0.5, 0.6) is 0 Å². The zero-order valence-electron chi connectivity index (χ0n) is 18.4. The third-order valence-corrected chi connectivity index (χ3v) is 6.68. The zero-order valence-corrected chi connectivity index (χ0v) is 20.8. The van der Waals surface area contributed by atoms with Gasteiger partial charge in [-0.05, 0) is 61.9 Å². The van der Waals surface area contributed by atoms with E-state index in [1.54, 1.807) is 42.5 Å². The lowest BCUT2D eigenvalue weighted by Crippen LogP contribution is -2.28. The molecule has 0 fully saturated rings. The van der Waals surface area contributed by atoms with E-state index >= 15 is 0 Å². The molecule has 174 valence electrons. The maximum absolute atomic E-state index is 13.3. The Labute approximate surface area is 211 Å². The standard InChI is InChI=1S/C25H21Cl2FN4OS/c1-15-3-7-18(8-4-15)24(33)29-16(2)23-30-31-25(34-14-17-5-10-20(28)11-6-17)32(23)22-12-9-19(26)13-21(22)27/h3-13,16H,14H2,1-2H3,(H,29,33). The number of nitrogens with zero attached hydrogens (tertiary/aromatic N) is 3. The number of thioether (sulfide) groups is 1. The summed E-state index contributed by atoms with van der Waals surface area (Å²) in [5.41, 5.74) is 3.21. The second-order valence-electron chi connectivity index (χ2n) is 7.75. The van der Waals surface area contributed by atoms with Crippen molar-refractivity contribution in [3.63, 3.8) is 0 Å². The normalized spacial score (nSPS) is 11.9. The van der Waals surface area contributed by atoms with Gasteiger partial charge in [0.25, 0.3) is 5.91 Å². The molecular weight excluding hydrogens is 494 g/mol. The second kappa shape index (κ2) is 10.6. The molecule has 1 atom stereocenters. The van der Waals surface area contributed by atoms with Crippen molar-refractivity contribution in [1.82, 2.24) is 20.1 Å². The Balaban J connectivity index is 1.65. The molecule has 0 aliphatic carbocycles. The highest BCUT2D eigenvalue weighted by Gasteiger charge is 2.23. The largest absolute Gasteiger partial charge is 0.342 e. The Morgan fingerprint density at radius 3 is 2.44 bits per heavy atom. The summed E-state index contributed by atoms with van der Waals surface area (Å²) in [7, 11) is 0. The lowest BCUT2D eigenvalue weighted by Gasteiger charge is -2.17. The number of amides is 1. The van der Waals surface area contributed by atoms with Gasteiger partial charge in [0.05, 0.1) is 16.8 Å². The summed E-state index contributed by atoms with van der Waals surface area (Å²) in [5.74, 6) is 0.564. The molecule has 0 radical (unpaired) electrons. The van der Waals surface area contributed by atoms with Crippen LogP contribution >= 0.6 is 35.0 Å². The summed E-state index contributed by atoms with van der Waals surface area (Å²) in [4.78, 5) is 12.8. The molecule has 0 spiro atoms. The number of aromatic nitrogens is 3. The first-order chi connectivity index (χ1) is 16.3. The molecule has 1 amide bonds. The van der Waals surface area contributed by atoms with Crippen molar-refractivity contribution in [1.29, 1.82) is 0 Å². The first kappa shape index (κ1) is 24.3. The maximum atomic E-state index is 13.3. The van der Waals surface area contributed by atoms with Gasteiger partial charge >= 0.3 is 0 Å². The number of halogens is 3. The molecule has 4 rings (SSSR count). The topological polar surface area (TPSA) is 59.8 Å². The van der Waals surface area contributed by atoms with Gasteiger partial charge < -0.3 is 5.32 Å². The van der Waals surface area contributed by atoms with Crippen LogP contribution in [0.25, 0.3) is 5.69 Å². The number of hydrogen-bond acceptors (Lipinski definition) is 4. The molecule has 1 N–H and O–H groups in total. The van der Waals surface area contributed by atoms with E-state index in [-0.39, 0.29) is 11.7 Å². The third-order valence-electron chi connectivity index (χ3n) is 5.14. The number of hydrogen-bond donors (Lipinski definition) is 1. The van der Waals surface area contributed by atoms with E-state index < -0.39 is 6.04 Å². The predicted octanol–water partition coefficient (Wildman–Crippen LogP) is 6.80. The van der Waals surface area contributed by atoms with Crippen LogP contribution in [0.2, 0.25) is 10.0 Å². The molecular formula is C25H21Cl2FN4OS. The van der Waals surface area contributed by atoms with E-state index in [2.05, 4.69) is 15.5 Å². The molecule has 1 aromatic heterocycles. The molecule has 9 heteroatoms. The van der Waals surface area contributed by atoms with Crippen molar-refractivity contribution in [3.05, 3.63) is 105 Å². The molecule has 1 unspecified atom stereocenters. The van der Waals surface area contributed by atoms with E-state index in [9.17, 15) is 9.18 Å². The van der Waals surface area contributed by atoms with Crippen molar-refractivity contribution < 1.29 is 9.18 Å². The van der Waals surface area contributed by atoms with Gasteiger partial charge in [0.1, 0.15) is 5.82 Å². The number of nitrogens with one attached hydrogen (secondary N) is 1. The van der Waals surface area contributed by atoms with E-state index in [4.69, 9.17) is 23.2 Å². The van der Waals surface area contributed by atoms with Crippen LogP contribution < -0.4 is 5.32 Å². The number of rotatable bonds is 7. The van der Waals surface area contributed by atoms with Crippen molar-refractivity contribution in [3.8, 4) is 5.69 Å². The Kier molecular flexibility index (Phi) is 7.56. The van der Waals surface area contributed by atoms with Gasteiger partial charge in [0.15, 0.2) is 11.0 Å². The number of benzene rings is 3. The molecule has 0 aliphatic heterocycles. The summed E-state index contributed by atoms with van der Waals surface area (Å²) in [5, 5.41) is 13.2. The number of carbonyl (C=O) groups is 1. The second-order valence-corrected chi connectivity index (χ2v) is 9.53. The quantitative estimate of drug-likeness (QED) is 0.275. The first-order valence-corrected chi connectivity index (χ1v) is 12.2. The van der Waals surface area contributed by atoms with Gasteiger partial charge in [-0.3, -0.25) is 9.36 Å². The van der Waals surface area contributed by atoms with Gasteiger partial charge in [-0.25, -0.2) is 4.39 Å². The van der Waals surface area contributed by atoms with E-state index in [0.717, 1.165) is 11.1 Å². The first-order valence-electron chi connectivity index (χ1n) is 10.5. The Hall–Kier alpha value is -2.87. The molecule has 0 aliphatic rings. The van der Waals surface area contributed by atoms with Gasteiger partial charge in [-0.2, -0.15) is 0 Å². The number of carbonyl (C=O) groups excluding carboxylic acids is 1. The van der Waals surface area contributed by atoms with Crippen LogP contribution in [0, 0.1) is 12.7 Å². The summed E-state index contributed by atoms with van der Waals surface area (Å²) in [6.07, 6.45) is 0. The summed E-state index contributed by atoms with van der Waals surface area (Å²) in [6, 6.07) is 18.3. The molecule has 0 bridgehead atoms. The Bertz CT molecular complexity index is 1310. The van der Waals surface area contributed by atoms with Crippen LogP contribution in [0.15, 0.2) is 71.9 Å². The lowest BCUT2D eigenvalue weighted by atomic mass is 10.1. The maximum Gasteiger partial charge on any atom is 0.251 e. The highest BCUT2D eigenvalue weighted by Crippen LogP contribution is 2.32. The molecule has 1 heterocycles. The monoisotopic (exact) mass is 514 g/mol. The van der Waals surface area contributed by atoms with E-state index in [1.165, 1.54) is 23.9 Å². The van der Waals surface area contributed by atoms with Crippen molar-refractivity contribution in [2.75, 3.05) is 0 Å². The highest BCUT2D eigenvalue weighted by molar-refractivity contribution is 7.98. The van der Waals surface area contributed by atoms with Crippen molar-refractivity contribution >= 4 is 40.9 Å². The molecule has 34 heavy (non-hydrogen) atoms. The third kappa shape index (κ3) is 5.60. The van der Waals surface area contributed by atoms with Gasteiger partial charge in [0.2, 0.25) is 0 Å². The van der Waals surface area contributed by atoms with E-state index in [1.807, 2.05) is 30.5 Å². The fourth-order valence-corrected chi connectivity index (χ4v) is 4.72. The molecule has 5 nitrogen and oxygen atoms in total. The van der Waals surface area contributed by atoms with Gasteiger partial charge in [-0.1, -0.05) is 64.8 Å². The van der Waals surface area contributed by atoms with Gasteiger partial charge in [0, 0.05) is 16.3 Å². The molecule has 4 aromatic rings. The minimum Gasteiger partial charge on any atom is -0.342 e. The lowest BCUT2D eigenvalue weighted by molar-refractivity contribution is 0.0938. The zero-order chi connectivity index (χ0) is 24.2. The van der Waals surface area contributed by atoms with Crippen LogP contribution in [0.3, 0.4) is 0 Å². The fraction of sp³-hybridized carbons (Fsp3) is 0.160.